The van der Waals surface area contributed by atoms with Gasteiger partial charge in [0.1, 0.15) is 11.2 Å². The van der Waals surface area contributed by atoms with Gasteiger partial charge in [0.25, 0.3) is 0 Å². The Balaban J connectivity index is 2.08. The Morgan fingerprint density at radius 3 is 2.78 bits per heavy atom. The van der Waals surface area contributed by atoms with Gasteiger partial charge in [0.05, 0.1) is 0 Å². The van der Waals surface area contributed by atoms with Crippen molar-refractivity contribution in [1.82, 2.24) is 0 Å². The Morgan fingerprint density at radius 1 is 1.56 bits per heavy atom. The first-order valence-corrected chi connectivity index (χ1v) is 7.59. The average molecular weight is 264 g/mol. The van der Waals surface area contributed by atoms with Crippen molar-refractivity contribution in [3.63, 3.8) is 0 Å². The van der Waals surface area contributed by atoms with E-state index in [1.165, 1.54) is 11.8 Å². The molecule has 18 heavy (non-hydrogen) atoms. The zero-order valence-electron chi connectivity index (χ0n) is 11.1. The molecule has 2 rings (SSSR count). The first-order valence-electron chi connectivity index (χ1n) is 6.61. The van der Waals surface area contributed by atoms with Crippen molar-refractivity contribution in [2.24, 2.45) is 16.7 Å². The molecule has 2 nitrogen and oxygen atoms in total. The topological polar surface area (TPSA) is 34.1 Å². The fourth-order valence-corrected chi connectivity index (χ4v) is 4.82. The minimum Gasteiger partial charge on any atom is -0.299 e. The summed E-state index contributed by atoms with van der Waals surface area (Å²) < 4.78 is 0. The quantitative estimate of drug-likeness (QED) is 0.444. The lowest BCUT2D eigenvalue weighted by molar-refractivity contribution is -0.138. The van der Waals surface area contributed by atoms with Gasteiger partial charge < -0.3 is 0 Å². The smallest absolute Gasteiger partial charge is 0.203 e. The van der Waals surface area contributed by atoms with Gasteiger partial charge in [-0.05, 0) is 30.6 Å². The number of hydrogen-bond donors (Lipinski definition) is 0. The van der Waals surface area contributed by atoms with Gasteiger partial charge in [-0.15, -0.1) is 12.3 Å². The van der Waals surface area contributed by atoms with Gasteiger partial charge in [-0.3, -0.25) is 9.59 Å². The van der Waals surface area contributed by atoms with Crippen LogP contribution < -0.4 is 0 Å². The number of fused-ring (bicyclic) bond motifs is 2. The van der Waals surface area contributed by atoms with E-state index in [1.54, 1.807) is 0 Å². The second-order valence-corrected chi connectivity index (χ2v) is 7.00. The standard InChI is InChI=1S/C15H20O2S/c1-4-5-6-9-18-13(17)15-8-7-11(10-12(15)16)14(15,2)3/h1,11H,5-10H2,2-3H3/t11-,15+/m1/s1. The van der Waals surface area contributed by atoms with Crippen LogP contribution in [-0.4, -0.2) is 16.7 Å². The number of Topliss-reactive ketones (excluding diaryl/α,β-unsaturated/α-hetero) is 1. The van der Waals surface area contributed by atoms with E-state index in [4.69, 9.17) is 6.42 Å². The van der Waals surface area contributed by atoms with Crippen molar-refractivity contribution in [1.29, 1.82) is 0 Å². The first-order chi connectivity index (χ1) is 8.46. The van der Waals surface area contributed by atoms with Gasteiger partial charge in [-0.1, -0.05) is 25.6 Å². The van der Waals surface area contributed by atoms with E-state index in [9.17, 15) is 9.59 Å². The van der Waals surface area contributed by atoms with Crippen LogP contribution in [0.25, 0.3) is 0 Å². The lowest BCUT2D eigenvalue weighted by atomic mass is 9.70. The van der Waals surface area contributed by atoms with Crippen molar-refractivity contribution in [3.05, 3.63) is 0 Å². The molecule has 3 heteroatoms. The molecule has 2 bridgehead atoms. The maximum atomic E-state index is 12.5. The van der Waals surface area contributed by atoms with Crippen molar-refractivity contribution < 1.29 is 9.59 Å². The van der Waals surface area contributed by atoms with Crippen LogP contribution in [0.15, 0.2) is 0 Å². The molecule has 0 heterocycles. The second kappa shape index (κ2) is 4.74. The maximum Gasteiger partial charge on any atom is 0.203 e. The molecule has 2 fully saturated rings. The predicted octanol–water partition coefficient (Wildman–Crippen LogP) is 3.06. The Kier molecular flexibility index (Phi) is 3.60. The van der Waals surface area contributed by atoms with Gasteiger partial charge in [0, 0.05) is 18.6 Å². The van der Waals surface area contributed by atoms with Crippen molar-refractivity contribution >= 4 is 22.7 Å². The fourth-order valence-electron chi connectivity index (χ4n) is 3.62. The van der Waals surface area contributed by atoms with Crippen LogP contribution in [0, 0.1) is 29.1 Å². The highest BCUT2D eigenvalue weighted by Crippen LogP contribution is 2.65. The number of hydrogen-bond acceptors (Lipinski definition) is 3. The first kappa shape index (κ1) is 13.7. The average Bonchev–Trinajstić information content (AvgIpc) is 2.68. The summed E-state index contributed by atoms with van der Waals surface area (Å²) in [7, 11) is 0. The molecule has 0 aromatic carbocycles. The van der Waals surface area contributed by atoms with Gasteiger partial charge in [0.15, 0.2) is 0 Å². The van der Waals surface area contributed by atoms with Crippen LogP contribution in [0.2, 0.25) is 0 Å². The van der Waals surface area contributed by atoms with Gasteiger partial charge >= 0.3 is 0 Å². The SMILES string of the molecule is C#CCCCSC(=O)[C@]12CC[C@H](CC1=O)C2(C)C. The van der Waals surface area contributed by atoms with Crippen LogP contribution >= 0.6 is 11.8 Å². The van der Waals surface area contributed by atoms with Gasteiger partial charge in [-0.25, -0.2) is 0 Å². The summed E-state index contributed by atoms with van der Waals surface area (Å²) in [5, 5.41) is 0.0921. The Morgan fingerprint density at radius 2 is 2.28 bits per heavy atom. The van der Waals surface area contributed by atoms with Crippen molar-refractivity contribution in [3.8, 4) is 12.3 Å². The second-order valence-electron chi connectivity index (χ2n) is 5.93. The molecule has 0 spiro atoms. The van der Waals surface area contributed by atoms with E-state index >= 15 is 0 Å². The molecule has 2 saturated carbocycles. The summed E-state index contributed by atoms with van der Waals surface area (Å²) in [6, 6.07) is 0. The maximum absolute atomic E-state index is 12.5. The molecule has 0 N–H and O–H groups in total. The zero-order valence-corrected chi connectivity index (χ0v) is 11.9. The number of thioether (sulfide) groups is 1. The molecule has 0 aliphatic heterocycles. The van der Waals surface area contributed by atoms with Crippen LogP contribution in [0.4, 0.5) is 0 Å². The Labute approximate surface area is 113 Å². The molecule has 0 radical (unpaired) electrons. The Hall–Kier alpha value is -0.750. The lowest BCUT2D eigenvalue weighted by Crippen LogP contribution is -2.42. The minimum atomic E-state index is -0.696. The summed E-state index contributed by atoms with van der Waals surface area (Å²) in [4.78, 5) is 24.7. The van der Waals surface area contributed by atoms with E-state index in [0.29, 0.717) is 18.8 Å². The highest BCUT2D eigenvalue weighted by molar-refractivity contribution is 8.13. The number of carbonyl (C=O) groups is 2. The third-order valence-electron chi connectivity index (χ3n) is 4.94. The highest BCUT2D eigenvalue weighted by atomic mass is 32.2. The fraction of sp³-hybridized carbons (Fsp3) is 0.733. The lowest BCUT2D eigenvalue weighted by Gasteiger charge is -2.34. The van der Waals surface area contributed by atoms with E-state index < -0.39 is 5.41 Å². The van der Waals surface area contributed by atoms with Crippen LogP contribution in [0.3, 0.4) is 0 Å². The molecule has 0 amide bonds. The monoisotopic (exact) mass is 264 g/mol. The van der Waals surface area contributed by atoms with E-state index in [-0.39, 0.29) is 16.3 Å². The normalized spacial score (nSPS) is 32.5. The molecule has 98 valence electrons. The molecule has 2 atom stereocenters. The number of unbranched alkanes of at least 4 members (excludes halogenated alkanes) is 1. The summed E-state index contributed by atoms with van der Waals surface area (Å²) in [6.07, 6.45) is 9.12. The molecule has 2 aliphatic rings. The number of rotatable bonds is 4. The van der Waals surface area contributed by atoms with Crippen molar-refractivity contribution in [2.75, 3.05) is 5.75 Å². The molecular formula is C15H20O2S. The van der Waals surface area contributed by atoms with Crippen molar-refractivity contribution in [2.45, 2.75) is 46.0 Å². The Bertz CT molecular complexity index is 419. The third kappa shape index (κ3) is 1.73. The molecule has 0 unspecified atom stereocenters. The predicted molar refractivity (Wildman–Crippen MR) is 74.1 cm³/mol. The van der Waals surface area contributed by atoms with Crippen LogP contribution in [-0.2, 0) is 9.59 Å². The van der Waals surface area contributed by atoms with E-state index in [1.807, 2.05) is 0 Å². The summed E-state index contributed by atoms with van der Waals surface area (Å²) in [6.45, 7) is 4.19. The number of carbonyl (C=O) groups excluding carboxylic acids is 2. The summed E-state index contributed by atoms with van der Waals surface area (Å²) in [5.74, 6) is 3.89. The molecule has 0 aromatic rings. The molecule has 0 aromatic heterocycles. The van der Waals surface area contributed by atoms with Crippen LogP contribution in [0.1, 0.15) is 46.0 Å². The van der Waals surface area contributed by atoms with E-state index in [0.717, 1.165) is 25.0 Å². The van der Waals surface area contributed by atoms with Gasteiger partial charge in [-0.2, -0.15) is 0 Å². The summed E-state index contributed by atoms with van der Waals surface area (Å²) >= 11 is 1.31. The largest absolute Gasteiger partial charge is 0.299 e. The number of ketones is 1. The minimum absolute atomic E-state index is 0.0921. The molecule has 0 saturated heterocycles. The molecule has 2 aliphatic carbocycles. The summed E-state index contributed by atoms with van der Waals surface area (Å²) in [5.41, 5.74) is -0.848. The van der Waals surface area contributed by atoms with Gasteiger partial charge in [0.2, 0.25) is 5.12 Å². The highest BCUT2D eigenvalue weighted by Gasteiger charge is 2.67. The zero-order chi connectivity index (χ0) is 13.4. The molecular weight excluding hydrogens is 244 g/mol. The third-order valence-corrected chi connectivity index (χ3v) is 6.05. The van der Waals surface area contributed by atoms with E-state index in [2.05, 4.69) is 19.8 Å². The number of terminal acetylenes is 1. The van der Waals surface area contributed by atoms with Crippen LogP contribution in [0.5, 0.6) is 0 Å².